The van der Waals surface area contributed by atoms with E-state index in [1.165, 1.54) is 6.07 Å². The third-order valence-corrected chi connectivity index (χ3v) is 5.92. The van der Waals surface area contributed by atoms with Crippen LogP contribution in [-0.4, -0.2) is 80.7 Å². The van der Waals surface area contributed by atoms with Gasteiger partial charge in [-0.05, 0) is 44.2 Å². The summed E-state index contributed by atoms with van der Waals surface area (Å²) in [6.07, 6.45) is -1.24. The van der Waals surface area contributed by atoms with E-state index in [1.54, 1.807) is 19.1 Å². The number of cyclic esters (lactones) is 1. The van der Waals surface area contributed by atoms with E-state index in [0.29, 0.717) is 44.1 Å². The van der Waals surface area contributed by atoms with Crippen LogP contribution in [0.1, 0.15) is 61.4 Å². The number of aromatic hydroxyl groups is 1. The van der Waals surface area contributed by atoms with Crippen LogP contribution in [0, 0.1) is 0 Å². The summed E-state index contributed by atoms with van der Waals surface area (Å²) in [4.78, 5) is 24.8. The standard InChI is InChI=1S/C24H32O10/c1-13-6-5-9-15(26)8-4-2-3-7-14-10-16(11-17(27)19(14)23(31)32-13)33-24-22(30)21(29)20(28)18(12-25)34-24/h3,7,10-11,13,18,20-22,24-25,27-30H,2,4-6,8-9,12H2,1H3/b7-3+/t13-,18+,20+,21-,22+,24?/m0/s1. The van der Waals surface area contributed by atoms with Crippen LogP contribution in [0.4, 0.5) is 0 Å². The molecule has 0 saturated carbocycles. The van der Waals surface area contributed by atoms with Crippen LogP contribution in [0.3, 0.4) is 0 Å². The largest absolute Gasteiger partial charge is 0.507 e. The molecular formula is C24H32O10. The van der Waals surface area contributed by atoms with Crippen LogP contribution in [0.25, 0.3) is 6.08 Å². The highest BCUT2D eigenvalue weighted by Gasteiger charge is 2.44. The average molecular weight is 481 g/mol. The number of rotatable bonds is 3. The maximum absolute atomic E-state index is 12.8. The van der Waals surface area contributed by atoms with E-state index in [1.807, 2.05) is 0 Å². The minimum Gasteiger partial charge on any atom is -0.507 e. The highest BCUT2D eigenvalue weighted by molar-refractivity contribution is 5.97. The van der Waals surface area contributed by atoms with Gasteiger partial charge in [-0.1, -0.05) is 12.2 Å². The van der Waals surface area contributed by atoms with Gasteiger partial charge in [0, 0.05) is 18.9 Å². The number of esters is 1. The number of ether oxygens (including phenoxy) is 3. The molecule has 34 heavy (non-hydrogen) atoms. The molecule has 188 valence electrons. The zero-order valence-electron chi connectivity index (χ0n) is 19.0. The summed E-state index contributed by atoms with van der Waals surface area (Å²) in [5.74, 6) is -0.965. The number of hydrogen-bond donors (Lipinski definition) is 5. The first-order chi connectivity index (χ1) is 16.2. The summed E-state index contributed by atoms with van der Waals surface area (Å²) < 4.78 is 16.4. The van der Waals surface area contributed by atoms with Crippen LogP contribution in [0.15, 0.2) is 18.2 Å². The Morgan fingerprint density at radius 3 is 2.53 bits per heavy atom. The number of phenolic OH excluding ortho intramolecular Hbond substituents is 1. The smallest absolute Gasteiger partial charge is 0.342 e. The number of hydrogen-bond acceptors (Lipinski definition) is 10. The van der Waals surface area contributed by atoms with Gasteiger partial charge in [0.1, 0.15) is 47.3 Å². The molecule has 6 atom stereocenters. The first-order valence-electron chi connectivity index (χ1n) is 11.4. The van der Waals surface area contributed by atoms with Crippen molar-refractivity contribution in [1.82, 2.24) is 0 Å². The molecule has 5 N–H and O–H groups in total. The van der Waals surface area contributed by atoms with Crippen molar-refractivity contribution < 1.29 is 49.3 Å². The Balaban J connectivity index is 1.88. The minimum atomic E-state index is -1.63. The molecule has 10 nitrogen and oxygen atoms in total. The van der Waals surface area contributed by atoms with E-state index in [2.05, 4.69) is 0 Å². The lowest BCUT2D eigenvalue weighted by Gasteiger charge is -2.39. The Hall–Kier alpha value is -2.50. The summed E-state index contributed by atoms with van der Waals surface area (Å²) in [7, 11) is 0. The second-order valence-corrected chi connectivity index (χ2v) is 8.66. The maximum Gasteiger partial charge on any atom is 0.342 e. The van der Waals surface area contributed by atoms with Crippen LogP contribution in [0.5, 0.6) is 11.5 Å². The quantitative estimate of drug-likeness (QED) is 0.395. The fourth-order valence-corrected chi connectivity index (χ4v) is 3.98. The Labute approximate surface area is 197 Å². The monoisotopic (exact) mass is 480 g/mol. The van der Waals surface area contributed by atoms with Crippen LogP contribution >= 0.6 is 0 Å². The number of phenols is 1. The number of ketones is 1. The highest BCUT2D eigenvalue weighted by Crippen LogP contribution is 2.33. The fourth-order valence-electron chi connectivity index (χ4n) is 3.98. The fraction of sp³-hybridized carbons (Fsp3) is 0.583. The molecule has 2 heterocycles. The van der Waals surface area contributed by atoms with Crippen LogP contribution in [-0.2, 0) is 14.3 Å². The molecule has 2 aliphatic heterocycles. The van der Waals surface area contributed by atoms with E-state index < -0.39 is 55.1 Å². The van der Waals surface area contributed by atoms with Gasteiger partial charge in [-0.3, -0.25) is 4.79 Å². The van der Waals surface area contributed by atoms with Gasteiger partial charge in [-0.2, -0.15) is 0 Å². The number of carbonyl (C=O) groups is 2. The zero-order valence-corrected chi connectivity index (χ0v) is 19.0. The topological polar surface area (TPSA) is 163 Å². The van der Waals surface area contributed by atoms with Gasteiger partial charge < -0.3 is 39.7 Å². The van der Waals surface area contributed by atoms with Crippen molar-refractivity contribution in [3.8, 4) is 11.5 Å². The van der Waals surface area contributed by atoms with Gasteiger partial charge >= 0.3 is 5.97 Å². The lowest BCUT2D eigenvalue weighted by Crippen LogP contribution is -2.60. The Morgan fingerprint density at radius 2 is 1.79 bits per heavy atom. The maximum atomic E-state index is 12.8. The molecule has 0 amide bonds. The molecule has 1 fully saturated rings. The van der Waals surface area contributed by atoms with Gasteiger partial charge in [0.15, 0.2) is 0 Å². The van der Waals surface area contributed by atoms with Crippen molar-refractivity contribution in [2.75, 3.05) is 6.61 Å². The van der Waals surface area contributed by atoms with E-state index in [0.717, 1.165) is 6.07 Å². The van der Waals surface area contributed by atoms with E-state index in [9.17, 15) is 35.1 Å². The normalized spacial score (nSPS) is 32.3. The number of allylic oxidation sites excluding steroid dienone is 1. The molecule has 0 aromatic heterocycles. The molecule has 0 radical (unpaired) electrons. The Kier molecular flexibility index (Phi) is 9.03. The second-order valence-electron chi connectivity index (χ2n) is 8.66. The lowest BCUT2D eigenvalue weighted by molar-refractivity contribution is -0.277. The van der Waals surface area contributed by atoms with Crippen molar-refractivity contribution in [3.63, 3.8) is 0 Å². The number of aliphatic hydroxyl groups excluding tert-OH is 4. The van der Waals surface area contributed by atoms with E-state index in [4.69, 9.17) is 14.2 Å². The number of fused-ring (bicyclic) bond motifs is 1. The summed E-state index contributed by atoms with van der Waals surface area (Å²) in [5, 5.41) is 50.1. The number of aliphatic hydroxyl groups is 4. The predicted octanol–water partition coefficient (Wildman–Crippen LogP) is 1.05. The Morgan fingerprint density at radius 1 is 1.06 bits per heavy atom. The molecule has 0 aliphatic carbocycles. The summed E-state index contributed by atoms with van der Waals surface area (Å²) in [6, 6.07) is 2.60. The van der Waals surface area contributed by atoms with Gasteiger partial charge in [0.05, 0.1) is 12.7 Å². The molecule has 3 rings (SSSR count). The molecule has 1 unspecified atom stereocenters. The van der Waals surface area contributed by atoms with E-state index >= 15 is 0 Å². The van der Waals surface area contributed by atoms with Crippen molar-refractivity contribution in [2.45, 2.75) is 82.3 Å². The molecule has 0 spiro atoms. The zero-order chi connectivity index (χ0) is 24.8. The van der Waals surface area contributed by atoms with Crippen molar-refractivity contribution in [2.24, 2.45) is 0 Å². The van der Waals surface area contributed by atoms with Crippen LogP contribution in [0.2, 0.25) is 0 Å². The summed E-state index contributed by atoms with van der Waals surface area (Å²) in [5.41, 5.74) is 0.234. The van der Waals surface area contributed by atoms with E-state index in [-0.39, 0.29) is 17.1 Å². The molecular weight excluding hydrogens is 448 g/mol. The number of Topliss-reactive ketones (excluding diaryl/α,β-unsaturated/α-hetero) is 1. The number of benzene rings is 1. The van der Waals surface area contributed by atoms with Gasteiger partial charge in [0.25, 0.3) is 0 Å². The molecule has 0 bridgehead atoms. The van der Waals surface area contributed by atoms with Gasteiger partial charge in [-0.25, -0.2) is 4.79 Å². The average Bonchev–Trinajstić information content (AvgIpc) is 2.78. The molecule has 2 aliphatic rings. The lowest BCUT2D eigenvalue weighted by atomic mass is 9.99. The summed E-state index contributed by atoms with van der Waals surface area (Å²) in [6.45, 7) is 1.10. The highest BCUT2D eigenvalue weighted by atomic mass is 16.7. The molecule has 10 heteroatoms. The predicted molar refractivity (Wildman–Crippen MR) is 119 cm³/mol. The van der Waals surface area contributed by atoms with Crippen molar-refractivity contribution in [1.29, 1.82) is 0 Å². The second kappa shape index (κ2) is 11.8. The SMILES string of the molecule is C[C@H]1CCCC(=O)CCC/C=C/c2cc(OC3O[C@H](CO)[C@@H](O)[C@H](O)[C@H]3O)cc(O)c2C(=O)O1. The molecule has 1 aromatic rings. The molecule has 1 saturated heterocycles. The number of carbonyl (C=O) groups excluding carboxylic acids is 2. The van der Waals surface area contributed by atoms with Crippen molar-refractivity contribution >= 4 is 17.8 Å². The third-order valence-electron chi connectivity index (χ3n) is 5.92. The van der Waals surface area contributed by atoms with Gasteiger partial charge in [0.2, 0.25) is 6.29 Å². The minimum absolute atomic E-state index is 0.0161. The molecule has 1 aromatic carbocycles. The summed E-state index contributed by atoms with van der Waals surface area (Å²) >= 11 is 0. The van der Waals surface area contributed by atoms with Crippen molar-refractivity contribution in [3.05, 3.63) is 29.3 Å². The Bertz CT molecular complexity index is 896. The van der Waals surface area contributed by atoms with Gasteiger partial charge in [-0.15, -0.1) is 0 Å². The first kappa shape index (κ1) is 26.1. The first-order valence-corrected chi connectivity index (χ1v) is 11.4. The van der Waals surface area contributed by atoms with Crippen LogP contribution < -0.4 is 4.74 Å². The third kappa shape index (κ3) is 6.34.